The van der Waals surface area contributed by atoms with Crippen molar-refractivity contribution in [2.45, 2.75) is 25.2 Å². The number of esters is 1. The van der Waals surface area contributed by atoms with Gasteiger partial charge in [0.15, 0.2) is 0 Å². The summed E-state index contributed by atoms with van der Waals surface area (Å²) in [6.45, 7) is 3.75. The number of fused-ring (bicyclic) bond motifs is 1. The molecule has 0 saturated heterocycles. The van der Waals surface area contributed by atoms with Gasteiger partial charge in [-0.05, 0) is 25.5 Å². The number of hydrogen-bond acceptors (Lipinski definition) is 5. The molecule has 1 heterocycles. The van der Waals surface area contributed by atoms with E-state index in [1.807, 2.05) is 0 Å². The summed E-state index contributed by atoms with van der Waals surface area (Å²) in [5.41, 5.74) is 2.26. The zero-order valence-electron chi connectivity index (χ0n) is 11.7. The van der Waals surface area contributed by atoms with Gasteiger partial charge in [-0.15, -0.1) is 11.8 Å². The zero-order chi connectivity index (χ0) is 14.7. The molecule has 1 aromatic carbocycles. The number of nitrogens with zero attached hydrogens (tertiary/aromatic N) is 1. The van der Waals surface area contributed by atoms with Crippen molar-refractivity contribution in [3.8, 4) is 0 Å². The molecule has 0 N–H and O–H groups in total. The highest BCUT2D eigenvalue weighted by molar-refractivity contribution is 7.99. The largest absolute Gasteiger partial charge is 0.462 e. The lowest BCUT2D eigenvalue weighted by Gasteiger charge is -2.21. The number of hydrogen-bond donors (Lipinski definition) is 0. The normalized spacial score (nSPS) is 15.9. The van der Waals surface area contributed by atoms with Gasteiger partial charge in [-0.2, -0.15) is 0 Å². The van der Waals surface area contributed by atoms with Crippen LogP contribution in [0.3, 0.4) is 0 Å². The third-order valence-corrected chi connectivity index (χ3v) is 4.16. The molecule has 0 radical (unpaired) electrons. The molecule has 0 aliphatic carbocycles. The van der Waals surface area contributed by atoms with Crippen molar-refractivity contribution in [3.63, 3.8) is 0 Å². The third kappa shape index (κ3) is 2.65. The number of oxime groups is 1. The minimum atomic E-state index is -0.515. The molecule has 0 fully saturated rings. The Morgan fingerprint density at radius 2 is 2.30 bits per heavy atom. The first-order chi connectivity index (χ1) is 9.60. The quantitative estimate of drug-likeness (QED) is 0.635. The van der Waals surface area contributed by atoms with E-state index in [9.17, 15) is 9.18 Å². The molecule has 1 aliphatic heterocycles. The number of carbonyl (C=O) groups is 1. The van der Waals surface area contributed by atoms with Crippen molar-refractivity contribution >= 4 is 23.4 Å². The molecule has 0 amide bonds. The molecule has 0 saturated carbocycles. The Morgan fingerprint density at radius 3 is 2.95 bits per heavy atom. The van der Waals surface area contributed by atoms with Crippen molar-refractivity contribution in [3.05, 3.63) is 28.6 Å². The van der Waals surface area contributed by atoms with Crippen LogP contribution in [0, 0.1) is 12.7 Å². The molecule has 20 heavy (non-hydrogen) atoms. The van der Waals surface area contributed by atoms with Gasteiger partial charge in [-0.1, -0.05) is 5.16 Å². The monoisotopic (exact) mass is 297 g/mol. The summed E-state index contributed by atoms with van der Waals surface area (Å²) in [4.78, 5) is 17.2. The van der Waals surface area contributed by atoms with Gasteiger partial charge in [-0.25, -0.2) is 9.18 Å². The zero-order valence-corrected chi connectivity index (χ0v) is 12.5. The highest BCUT2D eigenvalue weighted by Gasteiger charge is 2.26. The standard InChI is InChI=1S/C14H16FNO3S/c1-4-19-14(17)9-7-10(15)13-12(8(9)2)11(16-18-3)5-6-20-13/h7H,4-6H2,1-3H3/b16-11+. The maximum Gasteiger partial charge on any atom is 0.338 e. The molecule has 0 spiro atoms. The first-order valence-electron chi connectivity index (χ1n) is 6.33. The summed E-state index contributed by atoms with van der Waals surface area (Å²) >= 11 is 1.43. The molecule has 0 bridgehead atoms. The molecule has 2 rings (SSSR count). The maximum absolute atomic E-state index is 14.2. The van der Waals surface area contributed by atoms with Crippen LogP contribution in [-0.2, 0) is 9.57 Å². The van der Waals surface area contributed by atoms with E-state index in [1.165, 1.54) is 24.9 Å². The van der Waals surface area contributed by atoms with E-state index >= 15 is 0 Å². The van der Waals surface area contributed by atoms with E-state index in [2.05, 4.69) is 5.16 Å². The second-order valence-corrected chi connectivity index (χ2v) is 5.38. The van der Waals surface area contributed by atoms with Crippen LogP contribution in [0.1, 0.15) is 34.8 Å². The van der Waals surface area contributed by atoms with Crippen LogP contribution < -0.4 is 0 Å². The lowest BCUT2D eigenvalue weighted by molar-refractivity contribution is 0.0524. The van der Waals surface area contributed by atoms with Crippen molar-refractivity contribution in [1.82, 2.24) is 0 Å². The molecular weight excluding hydrogens is 281 g/mol. The first kappa shape index (κ1) is 14.8. The van der Waals surface area contributed by atoms with Crippen LogP contribution >= 0.6 is 11.8 Å². The summed E-state index contributed by atoms with van der Waals surface area (Å²) in [6, 6.07) is 1.24. The topological polar surface area (TPSA) is 47.9 Å². The highest BCUT2D eigenvalue weighted by Crippen LogP contribution is 2.36. The fraction of sp³-hybridized carbons (Fsp3) is 0.429. The smallest absolute Gasteiger partial charge is 0.338 e. The molecule has 0 atom stereocenters. The van der Waals surface area contributed by atoms with E-state index in [0.29, 0.717) is 28.2 Å². The van der Waals surface area contributed by atoms with Crippen molar-refractivity contribution in [1.29, 1.82) is 0 Å². The molecule has 4 nitrogen and oxygen atoms in total. The lowest BCUT2D eigenvalue weighted by atomic mass is 9.96. The van der Waals surface area contributed by atoms with Crippen LogP contribution in [0.2, 0.25) is 0 Å². The van der Waals surface area contributed by atoms with E-state index in [4.69, 9.17) is 9.57 Å². The van der Waals surface area contributed by atoms with Crippen LogP contribution in [0.5, 0.6) is 0 Å². The summed E-state index contributed by atoms with van der Waals surface area (Å²) in [5.74, 6) is -0.189. The average Bonchev–Trinajstić information content (AvgIpc) is 2.43. The van der Waals surface area contributed by atoms with Gasteiger partial charge >= 0.3 is 5.97 Å². The summed E-state index contributed by atoms with van der Waals surface area (Å²) < 4.78 is 19.2. The van der Waals surface area contributed by atoms with Crippen molar-refractivity contribution < 1.29 is 18.8 Å². The van der Waals surface area contributed by atoms with Gasteiger partial charge in [0.25, 0.3) is 0 Å². The number of ether oxygens (including phenoxy) is 1. The SMILES string of the molecule is CCOC(=O)c1cc(F)c2c(c1C)/C(=N/OC)CCS2. The van der Waals surface area contributed by atoms with Crippen LogP contribution in [-0.4, -0.2) is 31.2 Å². The summed E-state index contributed by atoms with van der Waals surface area (Å²) in [7, 11) is 1.45. The Kier molecular flexibility index (Phi) is 4.65. The maximum atomic E-state index is 14.2. The number of rotatable bonds is 3. The number of carbonyl (C=O) groups excluding carboxylic acids is 1. The summed E-state index contributed by atoms with van der Waals surface area (Å²) in [5, 5.41) is 3.96. The fourth-order valence-corrected chi connectivity index (χ4v) is 3.32. The van der Waals surface area contributed by atoms with Crippen molar-refractivity contribution in [2.75, 3.05) is 19.5 Å². The molecule has 1 aromatic rings. The predicted molar refractivity (Wildman–Crippen MR) is 76.0 cm³/mol. The number of halogens is 1. The lowest BCUT2D eigenvalue weighted by Crippen LogP contribution is -2.17. The van der Waals surface area contributed by atoms with Gasteiger partial charge in [0.2, 0.25) is 0 Å². The highest BCUT2D eigenvalue weighted by atomic mass is 32.2. The Labute approximate surface area is 121 Å². The Balaban J connectivity index is 2.60. The van der Waals surface area contributed by atoms with Gasteiger partial charge in [-0.3, -0.25) is 0 Å². The van der Waals surface area contributed by atoms with Crippen molar-refractivity contribution in [2.24, 2.45) is 5.16 Å². The van der Waals surface area contributed by atoms with Crippen LogP contribution in [0.4, 0.5) is 4.39 Å². The van der Waals surface area contributed by atoms with Crippen LogP contribution in [0.25, 0.3) is 0 Å². The Bertz CT molecular complexity index is 572. The molecule has 0 unspecified atom stereocenters. The number of thioether (sulfide) groups is 1. The average molecular weight is 297 g/mol. The Morgan fingerprint density at radius 1 is 1.55 bits per heavy atom. The minimum absolute atomic E-state index is 0.245. The molecule has 108 valence electrons. The summed E-state index contributed by atoms with van der Waals surface area (Å²) in [6.07, 6.45) is 0.679. The molecule has 0 aromatic heterocycles. The van der Waals surface area contributed by atoms with E-state index < -0.39 is 11.8 Å². The second kappa shape index (κ2) is 6.26. The van der Waals surface area contributed by atoms with E-state index in [0.717, 1.165) is 5.75 Å². The van der Waals surface area contributed by atoms with Gasteiger partial charge in [0, 0.05) is 17.7 Å². The minimum Gasteiger partial charge on any atom is -0.462 e. The van der Waals surface area contributed by atoms with Gasteiger partial charge in [0.1, 0.15) is 12.9 Å². The second-order valence-electron chi connectivity index (χ2n) is 4.27. The van der Waals surface area contributed by atoms with Gasteiger partial charge < -0.3 is 9.57 Å². The molecule has 1 aliphatic rings. The van der Waals surface area contributed by atoms with Crippen LogP contribution in [0.15, 0.2) is 16.1 Å². The predicted octanol–water partition coefficient (Wildman–Crippen LogP) is 3.16. The fourth-order valence-electron chi connectivity index (χ4n) is 2.21. The Hall–Kier alpha value is -1.56. The third-order valence-electron chi connectivity index (χ3n) is 3.06. The molecule has 6 heteroatoms. The van der Waals surface area contributed by atoms with E-state index in [-0.39, 0.29) is 12.2 Å². The molecular formula is C14H16FNO3S. The first-order valence-corrected chi connectivity index (χ1v) is 7.32. The van der Waals surface area contributed by atoms with Gasteiger partial charge in [0.05, 0.1) is 22.8 Å². The van der Waals surface area contributed by atoms with E-state index in [1.54, 1.807) is 13.8 Å². The number of benzene rings is 1.